The topological polar surface area (TPSA) is 67.6 Å². The second-order valence-corrected chi connectivity index (χ2v) is 4.63. The van der Waals surface area contributed by atoms with Gasteiger partial charge >= 0.3 is 0 Å². The highest BCUT2D eigenvalue weighted by Gasteiger charge is 2.07. The highest BCUT2D eigenvalue weighted by atomic mass is 32.2. The van der Waals surface area contributed by atoms with E-state index in [1.165, 1.54) is 5.56 Å². The van der Waals surface area contributed by atoms with E-state index in [0.717, 1.165) is 21.4 Å². The second kappa shape index (κ2) is 4.67. The van der Waals surface area contributed by atoms with Crippen molar-refractivity contribution in [1.29, 1.82) is 0 Å². The number of nitrogens with two attached hydrogens (primary N) is 1. The third-order valence-electron chi connectivity index (χ3n) is 2.22. The summed E-state index contributed by atoms with van der Waals surface area (Å²) in [6, 6.07) is 6.23. The van der Waals surface area contributed by atoms with Gasteiger partial charge in [-0.1, -0.05) is 12.1 Å². The van der Waals surface area contributed by atoms with E-state index < -0.39 is 0 Å². The minimum Gasteiger partial charge on any atom is -0.326 e. The fourth-order valence-corrected chi connectivity index (χ4v) is 2.39. The standard InChI is InChI=1S/C11H14N4S/c1-7-3-4-9(6-12)10(5-7)16-11-13-8(2)14-15-11/h3-5H,6,12H2,1-2H3,(H,13,14,15). The molecule has 0 amide bonds. The van der Waals surface area contributed by atoms with Crippen LogP contribution in [-0.4, -0.2) is 15.2 Å². The molecule has 0 radical (unpaired) electrons. The summed E-state index contributed by atoms with van der Waals surface area (Å²) in [4.78, 5) is 5.39. The van der Waals surface area contributed by atoms with Crippen LogP contribution in [0.2, 0.25) is 0 Å². The largest absolute Gasteiger partial charge is 0.326 e. The molecule has 0 saturated carbocycles. The van der Waals surface area contributed by atoms with Gasteiger partial charge in [0.2, 0.25) is 5.16 Å². The predicted molar refractivity (Wildman–Crippen MR) is 64.3 cm³/mol. The van der Waals surface area contributed by atoms with Crippen molar-refractivity contribution in [2.75, 3.05) is 0 Å². The van der Waals surface area contributed by atoms with Gasteiger partial charge in [-0.15, -0.1) is 5.10 Å². The van der Waals surface area contributed by atoms with Crippen LogP contribution in [0, 0.1) is 13.8 Å². The van der Waals surface area contributed by atoms with E-state index in [9.17, 15) is 0 Å². The first-order valence-electron chi connectivity index (χ1n) is 5.05. The first kappa shape index (κ1) is 11.2. The number of hydrogen-bond acceptors (Lipinski definition) is 4. The summed E-state index contributed by atoms with van der Waals surface area (Å²) in [5.74, 6) is 0.824. The average Bonchev–Trinajstić information content (AvgIpc) is 2.64. The lowest BCUT2D eigenvalue weighted by molar-refractivity contribution is 0.963. The number of aryl methyl sites for hydroxylation is 2. The molecular weight excluding hydrogens is 220 g/mol. The predicted octanol–water partition coefficient (Wildman–Crippen LogP) is 2.03. The van der Waals surface area contributed by atoms with E-state index in [1.807, 2.05) is 6.92 Å². The van der Waals surface area contributed by atoms with Crippen LogP contribution in [0.15, 0.2) is 28.3 Å². The molecule has 0 spiro atoms. The van der Waals surface area contributed by atoms with Gasteiger partial charge in [0.15, 0.2) is 0 Å². The van der Waals surface area contributed by atoms with Gasteiger partial charge < -0.3 is 5.73 Å². The number of aromatic nitrogens is 3. The number of benzene rings is 1. The Morgan fingerprint density at radius 1 is 1.38 bits per heavy atom. The molecule has 16 heavy (non-hydrogen) atoms. The van der Waals surface area contributed by atoms with Gasteiger partial charge in [-0.25, -0.2) is 4.98 Å². The first-order valence-corrected chi connectivity index (χ1v) is 5.87. The summed E-state index contributed by atoms with van der Waals surface area (Å²) in [7, 11) is 0. The van der Waals surface area contributed by atoms with Gasteiger partial charge in [0.05, 0.1) is 0 Å². The van der Waals surface area contributed by atoms with Crippen molar-refractivity contribution in [2.45, 2.75) is 30.4 Å². The van der Waals surface area contributed by atoms with Crippen LogP contribution < -0.4 is 5.73 Å². The van der Waals surface area contributed by atoms with Crippen molar-refractivity contribution in [3.05, 3.63) is 35.2 Å². The van der Waals surface area contributed by atoms with Gasteiger partial charge in [-0.2, -0.15) is 0 Å². The van der Waals surface area contributed by atoms with Gasteiger partial charge in [0.25, 0.3) is 0 Å². The van der Waals surface area contributed by atoms with Gasteiger partial charge in [0.1, 0.15) is 5.82 Å². The van der Waals surface area contributed by atoms with E-state index >= 15 is 0 Å². The average molecular weight is 234 g/mol. The van der Waals surface area contributed by atoms with E-state index in [1.54, 1.807) is 11.8 Å². The van der Waals surface area contributed by atoms with Gasteiger partial charge in [-0.05, 0) is 42.8 Å². The number of nitrogens with one attached hydrogen (secondary N) is 1. The minimum absolute atomic E-state index is 0.534. The Kier molecular flexibility index (Phi) is 3.26. The molecule has 1 heterocycles. The normalized spacial score (nSPS) is 10.7. The van der Waals surface area contributed by atoms with E-state index in [2.05, 4.69) is 40.3 Å². The van der Waals surface area contributed by atoms with E-state index in [0.29, 0.717) is 6.54 Å². The lowest BCUT2D eigenvalue weighted by Gasteiger charge is -2.05. The molecular formula is C11H14N4S. The van der Waals surface area contributed by atoms with Crippen molar-refractivity contribution in [2.24, 2.45) is 5.73 Å². The molecule has 2 rings (SSSR count). The van der Waals surface area contributed by atoms with Crippen LogP contribution in [-0.2, 0) is 6.54 Å². The lowest BCUT2D eigenvalue weighted by atomic mass is 10.1. The Morgan fingerprint density at radius 3 is 2.81 bits per heavy atom. The molecule has 1 aromatic carbocycles. The van der Waals surface area contributed by atoms with Crippen LogP contribution in [0.3, 0.4) is 0 Å². The molecule has 2 aromatic rings. The molecule has 0 atom stereocenters. The van der Waals surface area contributed by atoms with Crippen LogP contribution in [0.25, 0.3) is 0 Å². The van der Waals surface area contributed by atoms with E-state index in [4.69, 9.17) is 5.73 Å². The molecule has 0 aliphatic rings. The van der Waals surface area contributed by atoms with Crippen LogP contribution >= 0.6 is 11.8 Å². The number of rotatable bonds is 3. The number of nitrogens with zero attached hydrogens (tertiary/aromatic N) is 2. The van der Waals surface area contributed by atoms with Gasteiger partial charge in [-0.3, -0.25) is 5.10 Å². The third kappa shape index (κ3) is 2.43. The number of H-pyrrole nitrogens is 1. The quantitative estimate of drug-likeness (QED) is 0.852. The van der Waals surface area contributed by atoms with Crippen molar-refractivity contribution in [1.82, 2.24) is 15.2 Å². The SMILES string of the molecule is Cc1ccc(CN)c(Sc2n[nH]c(C)n2)c1. The number of aromatic amines is 1. The Balaban J connectivity index is 2.29. The molecule has 0 aliphatic heterocycles. The summed E-state index contributed by atoms with van der Waals surface area (Å²) < 4.78 is 0. The first-order chi connectivity index (χ1) is 7.69. The molecule has 84 valence electrons. The minimum atomic E-state index is 0.534. The van der Waals surface area contributed by atoms with Crippen LogP contribution in [0.4, 0.5) is 0 Å². The third-order valence-corrected chi connectivity index (χ3v) is 3.19. The zero-order chi connectivity index (χ0) is 11.5. The number of hydrogen-bond donors (Lipinski definition) is 2. The van der Waals surface area contributed by atoms with Crippen LogP contribution in [0.5, 0.6) is 0 Å². The highest BCUT2D eigenvalue weighted by molar-refractivity contribution is 7.99. The maximum absolute atomic E-state index is 5.70. The summed E-state index contributed by atoms with van der Waals surface area (Å²) in [6.07, 6.45) is 0. The fourth-order valence-electron chi connectivity index (χ4n) is 1.39. The summed E-state index contributed by atoms with van der Waals surface area (Å²) in [6.45, 7) is 4.48. The van der Waals surface area contributed by atoms with Crippen molar-refractivity contribution in [3.63, 3.8) is 0 Å². The Hall–Kier alpha value is -1.33. The second-order valence-electron chi connectivity index (χ2n) is 3.62. The molecule has 1 aromatic heterocycles. The smallest absolute Gasteiger partial charge is 0.213 e. The fraction of sp³-hybridized carbons (Fsp3) is 0.273. The zero-order valence-corrected chi connectivity index (χ0v) is 10.1. The van der Waals surface area contributed by atoms with Crippen molar-refractivity contribution in [3.8, 4) is 0 Å². The Morgan fingerprint density at radius 2 is 2.19 bits per heavy atom. The summed E-state index contributed by atoms with van der Waals surface area (Å²) in [5, 5.41) is 7.66. The molecule has 0 unspecified atom stereocenters. The molecule has 4 nitrogen and oxygen atoms in total. The maximum Gasteiger partial charge on any atom is 0.213 e. The van der Waals surface area contributed by atoms with Crippen LogP contribution in [0.1, 0.15) is 17.0 Å². The van der Waals surface area contributed by atoms with Gasteiger partial charge in [0, 0.05) is 11.4 Å². The molecule has 0 saturated heterocycles. The monoisotopic (exact) mass is 234 g/mol. The Labute approximate surface area is 98.7 Å². The summed E-state index contributed by atoms with van der Waals surface area (Å²) >= 11 is 1.54. The highest BCUT2D eigenvalue weighted by Crippen LogP contribution is 2.28. The van der Waals surface area contributed by atoms with Crippen molar-refractivity contribution < 1.29 is 0 Å². The molecule has 0 aliphatic carbocycles. The molecule has 0 bridgehead atoms. The molecule has 3 N–H and O–H groups in total. The zero-order valence-electron chi connectivity index (χ0n) is 9.32. The maximum atomic E-state index is 5.70. The summed E-state index contributed by atoms with van der Waals surface area (Å²) in [5.41, 5.74) is 8.04. The van der Waals surface area contributed by atoms with Crippen molar-refractivity contribution >= 4 is 11.8 Å². The molecule has 5 heteroatoms. The molecule has 0 fully saturated rings. The lowest BCUT2D eigenvalue weighted by Crippen LogP contribution is -1.98. The Bertz CT molecular complexity index is 492. The van der Waals surface area contributed by atoms with E-state index in [-0.39, 0.29) is 0 Å².